The zero-order chi connectivity index (χ0) is 15.3. The van der Waals surface area contributed by atoms with Crippen molar-refractivity contribution in [3.05, 3.63) is 34.9 Å². The van der Waals surface area contributed by atoms with Gasteiger partial charge in [-0.2, -0.15) is 0 Å². The number of rotatable bonds is 6. The molecule has 1 aromatic rings. The summed E-state index contributed by atoms with van der Waals surface area (Å²) in [5.74, 6) is 0.129. The quantitative estimate of drug-likeness (QED) is 0.767. The largest absolute Gasteiger partial charge is 0.352 e. The maximum Gasteiger partial charge on any atom is 0.221 e. The summed E-state index contributed by atoms with van der Waals surface area (Å²) in [7, 11) is -2.95. The molecule has 1 unspecified atom stereocenters. The van der Waals surface area contributed by atoms with E-state index in [0.717, 1.165) is 5.56 Å². The second kappa shape index (κ2) is 7.24. The van der Waals surface area contributed by atoms with Crippen molar-refractivity contribution in [1.82, 2.24) is 10.6 Å². The van der Waals surface area contributed by atoms with E-state index in [2.05, 4.69) is 10.6 Å². The lowest BCUT2D eigenvalue weighted by Crippen LogP contribution is -2.37. The van der Waals surface area contributed by atoms with Gasteiger partial charge in [0.25, 0.3) is 0 Å². The van der Waals surface area contributed by atoms with E-state index in [1.807, 2.05) is 24.3 Å². The van der Waals surface area contributed by atoms with Crippen molar-refractivity contribution in [2.24, 2.45) is 0 Å². The van der Waals surface area contributed by atoms with Gasteiger partial charge in [-0.3, -0.25) is 4.79 Å². The zero-order valence-corrected chi connectivity index (χ0v) is 13.2. The van der Waals surface area contributed by atoms with Crippen molar-refractivity contribution in [2.45, 2.75) is 25.4 Å². The molecule has 5 nitrogen and oxygen atoms in total. The van der Waals surface area contributed by atoms with Gasteiger partial charge in [0.1, 0.15) is 0 Å². The highest BCUT2D eigenvalue weighted by Gasteiger charge is 2.28. The lowest BCUT2D eigenvalue weighted by molar-refractivity contribution is -0.121. The average molecular weight is 331 g/mol. The maximum atomic E-state index is 11.7. The molecule has 116 valence electrons. The molecule has 2 N–H and O–H groups in total. The second-order valence-corrected chi connectivity index (χ2v) is 7.89. The number of amides is 1. The Morgan fingerprint density at radius 1 is 1.29 bits per heavy atom. The van der Waals surface area contributed by atoms with E-state index in [-0.39, 0.29) is 23.5 Å². The topological polar surface area (TPSA) is 75.3 Å². The van der Waals surface area contributed by atoms with Crippen LogP contribution in [-0.4, -0.2) is 38.4 Å². The summed E-state index contributed by atoms with van der Waals surface area (Å²) in [6, 6.07) is 7.29. The van der Waals surface area contributed by atoms with Crippen LogP contribution in [-0.2, 0) is 21.2 Å². The molecule has 1 aliphatic rings. The van der Waals surface area contributed by atoms with Crippen molar-refractivity contribution < 1.29 is 13.2 Å². The monoisotopic (exact) mass is 330 g/mol. The molecule has 0 aliphatic carbocycles. The number of carbonyl (C=O) groups excluding carboxylic acids is 1. The Morgan fingerprint density at radius 2 is 2.00 bits per heavy atom. The molecule has 1 aliphatic heterocycles. The van der Waals surface area contributed by atoms with E-state index >= 15 is 0 Å². The van der Waals surface area contributed by atoms with Gasteiger partial charge >= 0.3 is 0 Å². The molecule has 0 bridgehead atoms. The molecule has 7 heteroatoms. The van der Waals surface area contributed by atoms with Gasteiger partial charge in [-0.05, 0) is 24.1 Å². The Hall–Kier alpha value is -1.11. The summed E-state index contributed by atoms with van der Waals surface area (Å²) < 4.78 is 22.6. The standard InChI is InChI=1S/C14H19ClN2O3S/c15-12-3-1-11(2-4-12)9-16-7-5-14(18)17-13-6-8-21(19,20)10-13/h1-4,13,16H,5-10H2,(H,17,18). The fourth-order valence-corrected chi connectivity index (χ4v) is 4.04. The second-order valence-electron chi connectivity index (χ2n) is 5.22. The smallest absolute Gasteiger partial charge is 0.221 e. The summed E-state index contributed by atoms with van der Waals surface area (Å²) in [6.45, 7) is 1.22. The van der Waals surface area contributed by atoms with Crippen molar-refractivity contribution in [3.8, 4) is 0 Å². The minimum atomic E-state index is -2.95. The number of hydrogen-bond donors (Lipinski definition) is 2. The molecule has 1 saturated heterocycles. The lowest BCUT2D eigenvalue weighted by Gasteiger charge is -2.11. The minimum absolute atomic E-state index is 0.0664. The van der Waals surface area contributed by atoms with Crippen molar-refractivity contribution >= 4 is 27.3 Å². The van der Waals surface area contributed by atoms with Crippen LogP contribution in [0.25, 0.3) is 0 Å². The Kier molecular flexibility index (Phi) is 5.61. The third-order valence-electron chi connectivity index (χ3n) is 3.37. The number of carbonyl (C=O) groups is 1. The minimum Gasteiger partial charge on any atom is -0.352 e. The molecule has 1 fully saturated rings. The van der Waals surface area contributed by atoms with Crippen molar-refractivity contribution in [2.75, 3.05) is 18.1 Å². The van der Waals surface area contributed by atoms with Crippen molar-refractivity contribution in [3.63, 3.8) is 0 Å². The lowest BCUT2D eigenvalue weighted by atomic mass is 10.2. The predicted molar refractivity (Wildman–Crippen MR) is 83.0 cm³/mol. The Bertz CT molecular complexity index is 587. The van der Waals surface area contributed by atoms with Gasteiger partial charge in [0, 0.05) is 30.6 Å². The van der Waals surface area contributed by atoms with Crippen LogP contribution >= 0.6 is 11.6 Å². The molecule has 2 rings (SSSR count). The molecule has 1 heterocycles. The van der Waals surface area contributed by atoms with Gasteiger partial charge < -0.3 is 10.6 Å². The van der Waals surface area contributed by atoms with Crippen LogP contribution < -0.4 is 10.6 Å². The number of sulfone groups is 1. The first-order valence-corrected chi connectivity index (χ1v) is 9.09. The number of benzene rings is 1. The van der Waals surface area contributed by atoms with Gasteiger partial charge in [0.05, 0.1) is 11.5 Å². The summed E-state index contributed by atoms with van der Waals surface area (Å²) >= 11 is 5.80. The van der Waals surface area contributed by atoms with E-state index in [0.29, 0.717) is 31.0 Å². The Labute approximate surface area is 130 Å². The van der Waals surface area contributed by atoms with E-state index in [9.17, 15) is 13.2 Å². The summed E-state index contributed by atoms with van der Waals surface area (Å²) in [5, 5.41) is 6.63. The van der Waals surface area contributed by atoms with Gasteiger partial charge in [-0.1, -0.05) is 23.7 Å². The van der Waals surface area contributed by atoms with Crippen LogP contribution in [0.4, 0.5) is 0 Å². The number of nitrogens with one attached hydrogen (secondary N) is 2. The van der Waals surface area contributed by atoms with E-state index in [4.69, 9.17) is 11.6 Å². The molecular weight excluding hydrogens is 312 g/mol. The molecule has 1 atom stereocenters. The molecular formula is C14H19ClN2O3S. The molecule has 1 amide bonds. The number of hydrogen-bond acceptors (Lipinski definition) is 4. The third kappa shape index (κ3) is 5.65. The molecule has 0 aromatic heterocycles. The van der Waals surface area contributed by atoms with Crippen LogP contribution in [0.3, 0.4) is 0 Å². The number of halogens is 1. The first-order valence-electron chi connectivity index (χ1n) is 6.89. The molecule has 0 saturated carbocycles. The highest BCUT2D eigenvalue weighted by molar-refractivity contribution is 7.91. The van der Waals surface area contributed by atoms with Crippen LogP contribution in [0.15, 0.2) is 24.3 Å². The van der Waals surface area contributed by atoms with Gasteiger partial charge in [0.15, 0.2) is 9.84 Å². The summed E-state index contributed by atoms with van der Waals surface area (Å²) in [5.41, 5.74) is 1.10. The molecule has 0 radical (unpaired) electrons. The predicted octanol–water partition coefficient (Wildman–Crippen LogP) is 1.12. The fourth-order valence-electron chi connectivity index (χ4n) is 2.25. The van der Waals surface area contributed by atoms with E-state index < -0.39 is 9.84 Å². The van der Waals surface area contributed by atoms with Crippen molar-refractivity contribution in [1.29, 1.82) is 0 Å². The maximum absolute atomic E-state index is 11.7. The van der Waals surface area contributed by atoms with Crippen LogP contribution in [0.2, 0.25) is 5.02 Å². The van der Waals surface area contributed by atoms with Crippen LogP contribution in [0, 0.1) is 0 Å². The highest BCUT2D eigenvalue weighted by Crippen LogP contribution is 2.11. The molecule has 21 heavy (non-hydrogen) atoms. The highest BCUT2D eigenvalue weighted by atomic mass is 35.5. The van der Waals surface area contributed by atoms with Gasteiger partial charge in [-0.25, -0.2) is 8.42 Å². The van der Waals surface area contributed by atoms with Gasteiger partial charge in [0.2, 0.25) is 5.91 Å². The fraction of sp³-hybridized carbons (Fsp3) is 0.500. The van der Waals surface area contributed by atoms with Crippen LogP contribution in [0.1, 0.15) is 18.4 Å². The summed E-state index contributed by atoms with van der Waals surface area (Å²) in [4.78, 5) is 11.7. The van der Waals surface area contributed by atoms with E-state index in [1.54, 1.807) is 0 Å². The molecule has 0 spiro atoms. The zero-order valence-electron chi connectivity index (χ0n) is 11.6. The first kappa shape index (κ1) is 16.3. The first-order chi connectivity index (χ1) is 9.94. The van der Waals surface area contributed by atoms with Crippen LogP contribution in [0.5, 0.6) is 0 Å². The third-order valence-corrected chi connectivity index (χ3v) is 5.39. The SMILES string of the molecule is O=C(CCNCc1ccc(Cl)cc1)NC1CCS(=O)(=O)C1. The Morgan fingerprint density at radius 3 is 2.62 bits per heavy atom. The van der Waals surface area contributed by atoms with E-state index in [1.165, 1.54) is 0 Å². The molecule has 1 aromatic carbocycles. The normalized spacial score (nSPS) is 20.3. The van der Waals surface area contributed by atoms with Gasteiger partial charge in [-0.15, -0.1) is 0 Å². The summed E-state index contributed by atoms with van der Waals surface area (Å²) in [6.07, 6.45) is 0.858. The Balaban J connectivity index is 1.62. The average Bonchev–Trinajstić information content (AvgIpc) is 2.76.